The van der Waals surface area contributed by atoms with E-state index in [0.29, 0.717) is 5.82 Å². The topological polar surface area (TPSA) is 58.9 Å². The van der Waals surface area contributed by atoms with Gasteiger partial charge in [0.05, 0.1) is 0 Å². The lowest BCUT2D eigenvalue weighted by Gasteiger charge is -2.02. The van der Waals surface area contributed by atoms with Crippen molar-refractivity contribution >= 4 is 5.82 Å². The fraction of sp³-hybridized carbons (Fsp3) is 0.0833. The Bertz CT molecular complexity index is 526. The van der Waals surface area contributed by atoms with Gasteiger partial charge in [-0.2, -0.15) is 0 Å². The molecule has 0 spiro atoms. The molecule has 2 rings (SSSR count). The van der Waals surface area contributed by atoms with Crippen LogP contribution in [-0.2, 0) is 0 Å². The van der Waals surface area contributed by atoms with E-state index < -0.39 is 0 Å². The van der Waals surface area contributed by atoms with Crippen LogP contribution >= 0.6 is 0 Å². The van der Waals surface area contributed by atoms with Crippen LogP contribution in [0.15, 0.2) is 41.2 Å². The lowest BCUT2D eigenvalue weighted by atomic mass is 10.1. The highest BCUT2D eigenvalue weighted by Gasteiger charge is 1.99. The van der Waals surface area contributed by atoms with Crippen LogP contribution in [0.5, 0.6) is 0 Å². The predicted octanol–water partition coefficient (Wildman–Crippen LogP) is 1.93. The standard InChI is InChI=1S/C12H12N2O/c1-8-2-4-9(5-3-8)10-6-11(13)14-12(15)7-10/h2-7H,1H3,(H3,13,14,15). The van der Waals surface area contributed by atoms with Crippen molar-refractivity contribution < 1.29 is 0 Å². The molecule has 1 aromatic heterocycles. The summed E-state index contributed by atoms with van der Waals surface area (Å²) in [6, 6.07) is 11.3. The number of rotatable bonds is 1. The summed E-state index contributed by atoms with van der Waals surface area (Å²) in [7, 11) is 0. The number of benzene rings is 1. The summed E-state index contributed by atoms with van der Waals surface area (Å²) in [5.41, 5.74) is 8.43. The van der Waals surface area contributed by atoms with Gasteiger partial charge in [-0.3, -0.25) is 4.79 Å². The minimum atomic E-state index is -0.175. The number of aromatic nitrogens is 1. The summed E-state index contributed by atoms with van der Waals surface area (Å²) < 4.78 is 0. The lowest BCUT2D eigenvalue weighted by Crippen LogP contribution is -2.07. The number of hydrogen-bond acceptors (Lipinski definition) is 2. The van der Waals surface area contributed by atoms with E-state index in [-0.39, 0.29) is 5.56 Å². The molecule has 0 atom stereocenters. The summed E-state index contributed by atoms with van der Waals surface area (Å²) in [5, 5.41) is 0. The SMILES string of the molecule is Cc1ccc(-c2cc(N)[nH]c(=O)c2)cc1. The molecule has 3 heteroatoms. The number of nitrogen functional groups attached to an aromatic ring is 1. The average Bonchev–Trinajstić information content (AvgIpc) is 2.17. The van der Waals surface area contributed by atoms with Crippen molar-refractivity contribution in [2.75, 3.05) is 5.73 Å². The van der Waals surface area contributed by atoms with E-state index in [2.05, 4.69) is 4.98 Å². The molecule has 1 aromatic carbocycles. The zero-order valence-corrected chi connectivity index (χ0v) is 8.45. The van der Waals surface area contributed by atoms with E-state index in [9.17, 15) is 4.79 Å². The van der Waals surface area contributed by atoms with Crippen LogP contribution in [0.1, 0.15) is 5.56 Å². The second-order valence-electron chi connectivity index (χ2n) is 3.55. The monoisotopic (exact) mass is 200 g/mol. The first kappa shape index (κ1) is 9.52. The van der Waals surface area contributed by atoms with Crippen LogP contribution in [0.25, 0.3) is 11.1 Å². The molecule has 0 unspecified atom stereocenters. The molecule has 0 saturated heterocycles. The van der Waals surface area contributed by atoms with E-state index in [1.807, 2.05) is 31.2 Å². The summed E-state index contributed by atoms with van der Waals surface area (Å²) in [4.78, 5) is 13.7. The van der Waals surface area contributed by atoms with Gasteiger partial charge in [0.1, 0.15) is 5.82 Å². The molecule has 0 radical (unpaired) electrons. The fourth-order valence-electron chi connectivity index (χ4n) is 1.48. The highest BCUT2D eigenvalue weighted by Crippen LogP contribution is 2.18. The van der Waals surface area contributed by atoms with E-state index in [4.69, 9.17) is 5.73 Å². The minimum absolute atomic E-state index is 0.175. The van der Waals surface area contributed by atoms with Gasteiger partial charge in [0.2, 0.25) is 5.56 Å². The molecule has 0 amide bonds. The number of hydrogen-bond donors (Lipinski definition) is 2. The van der Waals surface area contributed by atoms with Crippen molar-refractivity contribution in [1.29, 1.82) is 0 Å². The van der Waals surface area contributed by atoms with Gasteiger partial charge in [-0.15, -0.1) is 0 Å². The van der Waals surface area contributed by atoms with E-state index in [1.54, 1.807) is 12.1 Å². The van der Waals surface area contributed by atoms with Crippen LogP contribution in [-0.4, -0.2) is 4.98 Å². The lowest BCUT2D eigenvalue weighted by molar-refractivity contribution is 1.25. The van der Waals surface area contributed by atoms with E-state index in [0.717, 1.165) is 11.1 Å². The van der Waals surface area contributed by atoms with Gasteiger partial charge in [0, 0.05) is 6.07 Å². The predicted molar refractivity (Wildman–Crippen MR) is 61.6 cm³/mol. The van der Waals surface area contributed by atoms with E-state index >= 15 is 0 Å². The molecule has 0 saturated carbocycles. The number of H-pyrrole nitrogens is 1. The maximum atomic E-state index is 11.2. The third kappa shape index (κ3) is 2.07. The Labute approximate surface area is 87.6 Å². The molecule has 15 heavy (non-hydrogen) atoms. The van der Waals surface area contributed by atoms with Crippen molar-refractivity contribution in [3.8, 4) is 11.1 Å². The molecule has 1 heterocycles. The molecule has 0 fully saturated rings. The second kappa shape index (κ2) is 3.61. The van der Waals surface area contributed by atoms with Gasteiger partial charge >= 0.3 is 0 Å². The van der Waals surface area contributed by atoms with Gasteiger partial charge in [-0.1, -0.05) is 29.8 Å². The Morgan fingerprint density at radius 3 is 2.33 bits per heavy atom. The molecule has 0 aliphatic rings. The first-order valence-electron chi connectivity index (χ1n) is 4.72. The summed E-state index contributed by atoms with van der Waals surface area (Å²) >= 11 is 0. The molecule has 3 N–H and O–H groups in total. The molecule has 0 bridgehead atoms. The van der Waals surface area contributed by atoms with Crippen molar-refractivity contribution in [2.24, 2.45) is 0 Å². The number of nitrogens with two attached hydrogens (primary N) is 1. The number of anilines is 1. The van der Waals surface area contributed by atoms with Gasteiger partial charge in [-0.25, -0.2) is 0 Å². The van der Waals surface area contributed by atoms with Crippen molar-refractivity contribution in [2.45, 2.75) is 6.92 Å². The number of nitrogens with one attached hydrogen (secondary N) is 1. The van der Waals surface area contributed by atoms with Crippen LogP contribution in [0, 0.1) is 6.92 Å². The fourth-order valence-corrected chi connectivity index (χ4v) is 1.48. The van der Waals surface area contributed by atoms with Crippen LogP contribution < -0.4 is 11.3 Å². The van der Waals surface area contributed by atoms with Crippen LogP contribution in [0.3, 0.4) is 0 Å². The minimum Gasteiger partial charge on any atom is -0.385 e. The molecule has 3 nitrogen and oxygen atoms in total. The van der Waals surface area contributed by atoms with Gasteiger partial charge in [0.25, 0.3) is 0 Å². The largest absolute Gasteiger partial charge is 0.385 e. The maximum absolute atomic E-state index is 11.2. The highest BCUT2D eigenvalue weighted by molar-refractivity contribution is 5.65. The molecule has 0 aliphatic carbocycles. The molecule has 2 aromatic rings. The van der Waals surface area contributed by atoms with Gasteiger partial charge in [-0.05, 0) is 24.1 Å². The van der Waals surface area contributed by atoms with Crippen molar-refractivity contribution in [3.05, 3.63) is 52.3 Å². The Balaban J connectivity index is 2.54. The summed E-state index contributed by atoms with van der Waals surface area (Å²) in [5.74, 6) is 0.387. The Morgan fingerprint density at radius 1 is 1.07 bits per heavy atom. The highest BCUT2D eigenvalue weighted by atomic mass is 16.1. The molecule has 76 valence electrons. The zero-order chi connectivity index (χ0) is 10.8. The Hall–Kier alpha value is -2.03. The van der Waals surface area contributed by atoms with Crippen molar-refractivity contribution in [1.82, 2.24) is 4.98 Å². The van der Waals surface area contributed by atoms with Crippen molar-refractivity contribution in [3.63, 3.8) is 0 Å². The quantitative estimate of drug-likeness (QED) is 0.739. The first-order chi connectivity index (χ1) is 7.15. The molecular formula is C12H12N2O. The summed E-state index contributed by atoms with van der Waals surface area (Å²) in [6.07, 6.45) is 0. The molecule has 0 aliphatic heterocycles. The zero-order valence-electron chi connectivity index (χ0n) is 8.45. The average molecular weight is 200 g/mol. The number of aromatic amines is 1. The third-order valence-electron chi connectivity index (χ3n) is 2.25. The van der Waals surface area contributed by atoms with Crippen LogP contribution in [0.2, 0.25) is 0 Å². The van der Waals surface area contributed by atoms with Gasteiger partial charge < -0.3 is 10.7 Å². The normalized spacial score (nSPS) is 10.2. The van der Waals surface area contributed by atoms with E-state index in [1.165, 1.54) is 5.56 Å². The Kier molecular flexibility index (Phi) is 2.29. The number of aryl methyl sites for hydroxylation is 1. The van der Waals surface area contributed by atoms with Gasteiger partial charge in [0.15, 0.2) is 0 Å². The van der Waals surface area contributed by atoms with Crippen LogP contribution in [0.4, 0.5) is 5.82 Å². The Morgan fingerprint density at radius 2 is 1.73 bits per heavy atom. The second-order valence-corrected chi connectivity index (χ2v) is 3.55. The third-order valence-corrected chi connectivity index (χ3v) is 2.25. The summed E-state index contributed by atoms with van der Waals surface area (Å²) in [6.45, 7) is 2.02. The first-order valence-corrected chi connectivity index (χ1v) is 4.72. The smallest absolute Gasteiger partial charge is 0.250 e. The maximum Gasteiger partial charge on any atom is 0.250 e. The molecular weight excluding hydrogens is 188 g/mol. The number of pyridine rings is 1.